The number of ether oxygens (including phenoxy) is 1. The van der Waals surface area contributed by atoms with Crippen LogP contribution in [-0.4, -0.2) is 36.3 Å². The molecule has 0 aliphatic heterocycles. The summed E-state index contributed by atoms with van der Waals surface area (Å²) in [7, 11) is 1.29. The van der Waals surface area contributed by atoms with Gasteiger partial charge in [-0.3, -0.25) is 9.78 Å². The summed E-state index contributed by atoms with van der Waals surface area (Å²) in [6, 6.07) is 10.5. The molecule has 1 aromatic carbocycles. The van der Waals surface area contributed by atoms with Crippen LogP contribution >= 0.6 is 23.4 Å². The van der Waals surface area contributed by atoms with Crippen LogP contribution in [0.1, 0.15) is 20.8 Å². The summed E-state index contributed by atoms with van der Waals surface area (Å²) in [5.74, 6) is -0.0323. The normalized spacial score (nSPS) is 10.2. The summed E-state index contributed by atoms with van der Waals surface area (Å²) in [6.07, 6.45) is 1.32. The van der Waals surface area contributed by atoms with E-state index in [2.05, 4.69) is 15.0 Å². The molecule has 7 heteroatoms. The number of pyridine rings is 1. The molecule has 0 saturated heterocycles. The molecule has 0 spiro atoms. The van der Waals surface area contributed by atoms with Gasteiger partial charge in [-0.05, 0) is 36.4 Å². The number of amides is 1. The fraction of sp³-hybridized carbons (Fsp3) is 0.188. The van der Waals surface area contributed by atoms with Crippen LogP contribution in [0.3, 0.4) is 0 Å². The fourth-order valence-electron chi connectivity index (χ4n) is 1.72. The lowest BCUT2D eigenvalue weighted by molar-refractivity contribution is 0.0599. The Labute approximate surface area is 143 Å². The van der Waals surface area contributed by atoms with Gasteiger partial charge in [0.1, 0.15) is 5.69 Å². The third kappa shape index (κ3) is 5.26. The molecule has 0 unspecified atom stereocenters. The number of carbonyl (C=O) groups is 2. The van der Waals surface area contributed by atoms with Crippen molar-refractivity contribution in [1.29, 1.82) is 0 Å². The topological polar surface area (TPSA) is 68.3 Å². The highest BCUT2D eigenvalue weighted by molar-refractivity contribution is 7.99. The van der Waals surface area contributed by atoms with Crippen molar-refractivity contribution in [1.82, 2.24) is 10.3 Å². The number of thioether (sulfide) groups is 1. The Morgan fingerprint density at radius 3 is 2.57 bits per heavy atom. The molecule has 120 valence electrons. The van der Waals surface area contributed by atoms with Crippen LogP contribution in [0.2, 0.25) is 5.02 Å². The molecule has 1 aromatic heterocycles. The minimum atomic E-state index is -0.483. The van der Waals surface area contributed by atoms with E-state index in [0.717, 1.165) is 10.6 Å². The van der Waals surface area contributed by atoms with Gasteiger partial charge in [-0.25, -0.2) is 4.79 Å². The molecule has 1 N–H and O–H groups in total. The first-order chi connectivity index (χ1) is 11.1. The molecular weight excluding hydrogens is 336 g/mol. The number of aromatic nitrogens is 1. The van der Waals surface area contributed by atoms with Gasteiger partial charge in [-0.15, -0.1) is 11.8 Å². The zero-order chi connectivity index (χ0) is 16.7. The number of hydrogen-bond donors (Lipinski definition) is 1. The highest BCUT2D eigenvalue weighted by Crippen LogP contribution is 2.19. The predicted octanol–water partition coefficient (Wildman–Crippen LogP) is 3.04. The largest absolute Gasteiger partial charge is 0.465 e. The summed E-state index contributed by atoms with van der Waals surface area (Å²) in [5, 5.41) is 3.48. The Morgan fingerprint density at radius 1 is 1.22 bits per heavy atom. The number of nitrogens with zero attached hydrogens (tertiary/aromatic N) is 1. The zero-order valence-corrected chi connectivity index (χ0v) is 14.0. The van der Waals surface area contributed by atoms with Crippen molar-refractivity contribution in [3.8, 4) is 0 Å². The smallest absolute Gasteiger partial charge is 0.339 e. The van der Waals surface area contributed by atoms with Crippen LogP contribution in [0.4, 0.5) is 0 Å². The fourth-order valence-corrected chi connectivity index (χ4v) is 2.62. The average molecular weight is 351 g/mol. The molecule has 0 radical (unpaired) electrons. The summed E-state index contributed by atoms with van der Waals surface area (Å²) in [6.45, 7) is 0.507. The van der Waals surface area contributed by atoms with Crippen molar-refractivity contribution in [2.45, 2.75) is 4.90 Å². The van der Waals surface area contributed by atoms with Crippen molar-refractivity contribution in [2.24, 2.45) is 0 Å². The van der Waals surface area contributed by atoms with Gasteiger partial charge in [-0.2, -0.15) is 0 Å². The van der Waals surface area contributed by atoms with Gasteiger partial charge in [0, 0.05) is 28.4 Å². The molecule has 0 aliphatic rings. The number of rotatable bonds is 6. The Kier molecular flexibility index (Phi) is 6.43. The summed E-state index contributed by atoms with van der Waals surface area (Å²) < 4.78 is 4.57. The van der Waals surface area contributed by atoms with E-state index < -0.39 is 5.97 Å². The van der Waals surface area contributed by atoms with Crippen LogP contribution in [0.25, 0.3) is 0 Å². The highest BCUT2D eigenvalue weighted by Gasteiger charge is 2.09. The Bertz CT molecular complexity index is 675. The van der Waals surface area contributed by atoms with Gasteiger partial charge >= 0.3 is 5.97 Å². The SMILES string of the molecule is COC(=O)c1ccc(C(=O)NCCSc2ccc(Cl)cc2)nc1. The second-order valence-electron chi connectivity index (χ2n) is 4.48. The lowest BCUT2D eigenvalue weighted by Crippen LogP contribution is -2.26. The lowest BCUT2D eigenvalue weighted by atomic mass is 10.2. The summed E-state index contributed by atoms with van der Waals surface area (Å²) >= 11 is 7.44. The van der Waals surface area contributed by atoms with Gasteiger partial charge in [0.05, 0.1) is 12.7 Å². The molecule has 0 bridgehead atoms. The monoisotopic (exact) mass is 350 g/mol. The molecular formula is C16H15ClN2O3S. The van der Waals surface area contributed by atoms with Crippen molar-refractivity contribution in [2.75, 3.05) is 19.4 Å². The van der Waals surface area contributed by atoms with Crippen LogP contribution in [-0.2, 0) is 4.74 Å². The van der Waals surface area contributed by atoms with Gasteiger partial charge in [-0.1, -0.05) is 11.6 Å². The maximum atomic E-state index is 11.9. The van der Waals surface area contributed by atoms with Crippen LogP contribution in [0.15, 0.2) is 47.5 Å². The minimum absolute atomic E-state index is 0.258. The summed E-state index contributed by atoms with van der Waals surface area (Å²) in [4.78, 5) is 28.3. The zero-order valence-electron chi connectivity index (χ0n) is 12.4. The van der Waals surface area contributed by atoms with Crippen LogP contribution in [0, 0.1) is 0 Å². The number of methoxy groups -OCH3 is 1. The average Bonchev–Trinajstić information content (AvgIpc) is 2.59. The Balaban J connectivity index is 1.78. The second kappa shape index (κ2) is 8.55. The van der Waals surface area contributed by atoms with Crippen LogP contribution in [0.5, 0.6) is 0 Å². The van der Waals surface area contributed by atoms with Gasteiger partial charge in [0.2, 0.25) is 0 Å². The molecule has 0 atom stereocenters. The van der Waals surface area contributed by atoms with E-state index in [4.69, 9.17) is 11.6 Å². The Hall–Kier alpha value is -2.05. The van der Waals surface area contributed by atoms with E-state index in [0.29, 0.717) is 17.1 Å². The Morgan fingerprint density at radius 2 is 1.96 bits per heavy atom. The van der Waals surface area contributed by atoms with Crippen molar-refractivity contribution >= 4 is 35.2 Å². The first-order valence-corrected chi connectivity index (χ1v) is 8.17. The third-order valence-corrected chi connectivity index (χ3v) is 4.15. The second-order valence-corrected chi connectivity index (χ2v) is 6.09. The number of esters is 1. The van der Waals surface area contributed by atoms with Gasteiger partial charge < -0.3 is 10.1 Å². The molecule has 2 aromatic rings. The quantitative estimate of drug-likeness (QED) is 0.492. The third-order valence-electron chi connectivity index (χ3n) is 2.89. The molecule has 1 amide bonds. The lowest BCUT2D eigenvalue weighted by Gasteiger charge is -2.05. The van der Waals surface area contributed by atoms with Crippen molar-refractivity contribution in [3.05, 3.63) is 58.9 Å². The van der Waals surface area contributed by atoms with Crippen molar-refractivity contribution < 1.29 is 14.3 Å². The van der Waals surface area contributed by atoms with Gasteiger partial charge in [0.15, 0.2) is 0 Å². The number of carbonyl (C=O) groups excluding carboxylic acids is 2. The number of hydrogen-bond acceptors (Lipinski definition) is 5. The van der Waals surface area contributed by atoms with E-state index in [1.54, 1.807) is 11.8 Å². The maximum Gasteiger partial charge on any atom is 0.339 e. The van der Waals surface area contributed by atoms with E-state index >= 15 is 0 Å². The highest BCUT2D eigenvalue weighted by atomic mass is 35.5. The molecule has 23 heavy (non-hydrogen) atoms. The minimum Gasteiger partial charge on any atom is -0.465 e. The van der Waals surface area contributed by atoms with Crippen LogP contribution < -0.4 is 5.32 Å². The van der Waals surface area contributed by atoms with E-state index in [1.807, 2.05) is 24.3 Å². The molecule has 0 saturated carbocycles. The first-order valence-electron chi connectivity index (χ1n) is 6.81. The molecule has 2 rings (SSSR count). The molecule has 0 fully saturated rings. The number of benzene rings is 1. The number of nitrogens with one attached hydrogen (secondary N) is 1. The maximum absolute atomic E-state index is 11.9. The van der Waals surface area contributed by atoms with E-state index in [1.165, 1.54) is 25.4 Å². The van der Waals surface area contributed by atoms with E-state index in [9.17, 15) is 9.59 Å². The van der Waals surface area contributed by atoms with E-state index in [-0.39, 0.29) is 11.6 Å². The standard InChI is InChI=1S/C16H15ClN2O3S/c1-22-16(21)11-2-7-14(19-10-11)15(20)18-8-9-23-13-5-3-12(17)4-6-13/h2-7,10H,8-9H2,1H3,(H,18,20). The molecule has 1 heterocycles. The van der Waals surface area contributed by atoms with Gasteiger partial charge in [0.25, 0.3) is 5.91 Å². The first kappa shape index (κ1) is 17.3. The molecule has 0 aliphatic carbocycles. The molecule has 5 nitrogen and oxygen atoms in total. The number of halogens is 1. The predicted molar refractivity (Wildman–Crippen MR) is 90.1 cm³/mol. The van der Waals surface area contributed by atoms with Crippen molar-refractivity contribution in [3.63, 3.8) is 0 Å². The summed E-state index contributed by atoms with van der Waals surface area (Å²) in [5.41, 5.74) is 0.566.